The molecule has 0 atom stereocenters. The van der Waals surface area contributed by atoms with Crippen LogP contribution >= 0.6 is 0 Å². The zero-order chi connectivity index (χ0) is 38.3. The van der Waals surface area contributed by atoms with Crippen LogP contribution in [0.2, 0.25) is 0 Å². The normalized spacial score (nSPS) is 17.9. The number of hydrogen-bond donors (Lipinski definition) is 0. The molecular weight excluding hydrogens is 689 g/mol. The minimum absolute atomic E-state index is 0.801. The second-order valence-electron chi connectivity index (χ2n) is 15.0. The van der Waals surface area contributed by atoms with Gasteiger partial charge in [0.15, 0.2) is 0 Å². The van der Waals surface area contributed by atoms with Crippen LogP contribution in [0.3, 0.4) is 0 Å². The van der Waals surface area contributed by atoms with Gasteiger partial charge in [-0.05, 0) is 137 Å². The number of aromatic nitrogens is 2. The lowest BCUT2D eigenvalue weighted by atomic mass is 9.94. The average molecular weight is 731 g/mol. The number of para-hydroxylation sites is 3. The first-order chi connectivity index (χ1) is 28.1. The molecule has 0 saturated heterocycles. The van der Waals surface area contributed by atoms with Crippen molar-refractivity contribution in [2.75, 3.05) is 0 Å². The maximum atomic E-state index is 4.52. The molecule has 0 radical (unpaired) electrons. The van der Waals surface area contributed by atoms with Crippen molar-refractivity contribution in [2.24, 2.45) is 0 Å². The van der Waals surface area contributed by atoms with E-state index in [1.165, 1.54) is 60.4 Å². The van der Waals surface area contributed by atoms with Gasteiger partial charge in [0.2, 0.25) is 0 Å². The lowest BCUT2D eigenvalue weighted by Gasteiger charge is -2.12. The molecule has 0 fully saturated rings. The number of hydrogen-bond acceptors (Lipinski definition) is 0. The Hall–Kier alpha value is -7.16. The molecule has 2 aromatic heterocycles. The third kappa shape index (κ3) is 6.26. The van der Waals surface area contributed by atoms with Crippen molar-refractivity contribution in [3.63, 3.8) is 0 Å². The first-order valence-corrected chi connectivity index (χ1v) is 19.9. The van der Waals surface area contributed by atoms with Gasteiger partial charge in [-0.2, -0.15) is 0 Å². The van der Waals surface area contributed by atoms with Crippen molar-refractivity contribution in [1.82, 2.24) is 9.13 Å². The van der Waals surface area contributed by atoms with Crippen molar-refractivity contribution < 1.29 is 0 Å². The number of nitrogens with zero attached hydrogens (tertiary/aromatic N) is 2. The van der Waals surface area contributed by atoms with Crippen molar-refractivity contribution >= 4 is 60.5 Å². The molecule has 57 heavy (non-hydrogen) atoms. The molecule has 2 heterocycles. The SMILES string of the molecule is C=C1/C=C(c2cccc(-c3ccc4c(c3)c3ccccc3n4C3=CCCC=C3)c2)\C=C/C/C=C\C(c2ccc3c(c2)c2ccccc2n3-c2ccccc2)=C/C1=C. The number of fused-ring (bicyclic) bond motifs is 6. The number of allylic oxidation sites excluding steroid dienone is 14. The molecule has 8 aromatic rings. The quantitative estimate of drug-likeness (QED) is 0.167. The van der Waals surface area contributed by atoms with Gasteiger partial charge in [-0.1, -0.05) is 135 Å². The molecule has 2 heteroatoms. The van der Waals surface area contributed by atoms with Gasteiger partial charge in [0, 0.05) is 32.9 Å². The predicted molar refractivity (Wildman–Crippen MR) is 245 cm³/mol. The highest BCUT2D eigenvalue weighted by molar-refractivity contribution is 6.12. The van der Waals surface area contributed by atoms with Gasteiger partial charge in [0.05, 0.1) is 22.1 Å². The molecule has 0 saturated carbocycles. The minimum atomic E-state index is 0.801. The molecule has 0 unspecified atom stereocenters. The van der Waals surface area contributed by atoms with E-state index >= 15 is 0 Å². The van der Waals surface area contributed by atoms with E-state index in [1.54, 1.807) is 0 Å². The van der Waals surface area contributed by atoms with Crippen LogP contribution in [0.1, 0.15) is 30.4 Å². The zero-order valence-electron chi connectivity index (χ0n) is 31.9. The Bertz CT molecular complexity index is 3110. The predicted octanol–water partition coefficient (Wildman–Crippen LogP) is 14.8. The third-order valence-corrected chi connectivity index (χ3v) is 11.4. The first-order valence-electron chi connectivity index (χ1n) is 19.9. The Labute approximate surface area is 334 Å². The summed E-state index contributed by atoms with van der Waals surface area (Å²) in [6.07, 6.45) is 23.1. The van der Waals surface area contributed by atoms with E-state index in [4.69, 9.17) is 0 Å². The second-order valence-corrected chi connectivity index (χ2v) is 15.0. The Kier molecular flexibility index (Phi) is 8.73. The second kappa shape index (κ2) is 14.5. The average Bonchev–Trinajstić information content (AvgIpc) is 3.77. The summed E-state index contributed by atoms with van der Waals surface area (Å²) in [7, 11) is 0. The number of benzene rings is 6. The van der Waals surface area contributed by atoms with Crippen molar-refractivity contribution in [3.05, 3.63) is 230 Å². The summed E-state index contributed by atoms with van der Waals surface area (Å²) >= 11 is 0. The van der Waals surface area contributed by atoms with Gasteiger partial charge in [-0.3, -0.25) is 0 Å². The smallest absolute Gasteiger partial charge is 0.0541 e. The first kappa shape index (κ1) is 34.3. The van der Waals surface area contributed by atoms with E-state index < -0.39 is 0 Å². The van der Waals surface area contributed by atoms with E-state index in [2.05, 4.69) is 217 Å². The van der Waals surface area contributed by atoms with E-state index in [1.807, 2.05) is 0 Å². The van der Waals surface area contributed by atoms with Crippen LogP contribution in [0, 0.1) is 0 Å². The lowest BCUT2D eigenvalue weighted by molar-refractivity contribution is 1.02. The molecule has 0 spiro atoms. The molecule has 0 amide bonds. The molecule has 2 aliphatic rings. The monoisotopic (exact) mass is 730 g/mol. The van der Waals surface area contributed by atoms with E-state index in [0.29, 0.717) is 0 Å². The third-order valence-electron chi connectivity index (χ3n) is 11.4. The van der Waals surface area contributed by atoms with E-state index in [0.717, 1.165) is 58.4 Å². The molecular formula is C55H42N2. The van der Waals surface area contributed by atoms with E-state index in [9.17, 15) is 0 Å². The zero-order valence-corrected chi connectivity index (χ0v) is 31.9. The summed E-state index contributed by atoms with van der Waals surface area (Å²) in [5.74, 6) is 0. The Morgan fingerprint density at radius 1 is 0.404 bits per heavy atom. The highest BCUT2D eigenvalue weighted by Crippen LogP contribution is 2.38. The highest BCUT2D eigenvalue weighted by atomic mass is 15.0. The molecule has 0 bridgehead atoms. The largest absolute Gasteiger partial charge is 0.310 e. The standard InChI is InChI=1S/C55H42N2/c1-38-33-40(42-19-16-20-43(35-42)45-30-32-55-51(37-45)49-26-13-15-28-53(49)57(55)47-23-10-5-11-24-47)17-6-3-7-18-41(34-39(38)2)44-29-31-54-50(36-44)48-25-12-14-27-52(48)56(54)46-21-8-4-9-22-46/h4,6-10,12-37H,1-3,5,11H2/b17-6-,18-7-,40-33+,41-34+. The summed E-state index contributed by atoms with van der Waals surface area (Å²) < 4.78 is 4.77. The fraction of sp³-hybridized carbons (Fsp3) is 0.0545. The minimum Gasteiger partial charge on any atom is -0.310 e. The van der Waals surface area contributed by atoms with Crippen molar-refractivity contribution in [1.29, 1.82) is 0 Å². The summed E-state index contributed by atoms with van der Waals surface area (Å²) in [6, 6.07) is 50.6. The summed E-state index contributed by atoms with van der Waals surface area (Å²) in [6.45, 7) is 9.04. The van der Waals surface area contributed by atoms with Gasteiger partial charge >= 0.3 is 0 Å². The van der Waals surface area contributed by atoms with Crippen LogP contribution in [0.25, 0.3) is 77.3 Å². The topological polar surface area (TPSA) is 9.86 Å². The molecule has 10 rings (SSSR count). The fourth-order valence-corrected chi connectivity index (χ4v) is 8.57. The van der Waals surface area contributed by atoms with Crippen LogP contribution < -0.4 is 0 Å². The van der Waals surface area contributed by atoms with Gasteiger partial charge in [-0.15, -0.1) is 0 Å². The fourth-order valence-electron chi connectivity index (χ4n) is 8.57. The maximum Gasteiger partial charge on any atom is 0.0541 e. The summed E-state index contributed by atoms with van der Waals surface area (Å²) in [5.41, 5.74) is 15.9. The van der Waals surface area contributed by atoms with Crippen LogP contribution in [-0.2, 0) is 0 Å². The van der Waals surface area contributed by atoms with Gasteiger partial charge in [0.25, 0.3) is 0 Å². The summed E-state index contributed by atoms with van der Waals surface area (Å²) in [5, 5.41) is 5.00. The molecule has 2 aliphatic carbocycles. The maximum absolute atomic E-state index is 4.52. The van der Waals surface area contributed by atoms with E-state index in [-0.39, 0.29) is 0 Å². The van der Waals surface area contributed by atoms with Gasteiger partial charge in [0.1, 0.15) is 0 Å². The van der Waals surface area contributed by atoms with Crippen LogP contribution in [0.4, 0.5) is 0 Å². The Balaban J connectivity index is 0.990. The molecule has 272 valence electrons. The highest BCUT2D eigenvalue weighted by Gasteiger charge is 2.16. The lowest BCUT2D eigenvalue weighted by Crippen LogP contribution is -1.96. The van der Waals surface area contributed by atoms with Gasteiger partial charge in [-0.25, -0.2) is 0 Å². The Morgan fingerprint density at radius 2 is 0.947 bits per heavy atom. The molecule has 0 N–H and O–H groups in total. The molecule has 0 aliphatic heterocycles. The van der Waals surface area contributed by atoms with Crippen LogP contribution in [0.15, 0.2) is 219 Å². The van der Waals surface area contributed by atoms with Crippen LogP contribution in [-0.4, -0.2) is 9.13 Å². The van der Waals surface area contributed by atoms with Gasteiger partial charge < -0.3 is 9.13 Å². The van der Waals surface area contributed by atoms with Crippen molar-refractivity contribution in [3.8, 4) is 16.8 Å². The summed E-state index contributed by atoms with van der Waals surface area (Å²) in [4.78, 5) is 0. The molecule has 2 nitrogen and oxygen atoms in total. The number of rotatable bonds is 5. The Morgan fingerprint density at radius 3 is 1.63 bits per heavy atom. The van der Waals surface area contributed by atoms with Crippen molar-refractivity contribution in [2.45, 2.75) is 19.3 Å². The van der Waals surface area contributed by atoms with Crippen LogP contribution in [0.5, 0.6) is 0 Å². The molecule has 6 aromatic carbocycles.